The first-order valence-corrected chi connectivity index (χ1v) is 7.42. The maximum absolute atomic E-state index is 12.0. The van der Waals surface area contributed by atoms with Crippen molar-refractivity contribution < 1.29 is 9.53 Å². The van der Waals surface area contributed by atoms with Gasteiger partial charge in [-0.05, 0) is 25.3 Å². The molecule has 1 aliphatic heterocycles. The lowest BCUT2D eigenvalue weighted by Crippen LogP contribution is -2.25. The first kappa shape index (κ1) is 14.6. The smallest absolute Gasteiger partial charge is 0.269 e. The average molecular weight is 301 g/mol. The van der Waals surface area contributed by atoms with Gasteiger partial charge in [-0.1, -0.05) is 0 Å². The zero-order valence-electron chi connectivity index (χ0n) is 12.5. The van der Waals surface area contributed by atoms with Crippen LogP contribution in [0.4, 0.5) is 0 Å². The topological polar surface area (TPSA) is 81.9 Å². The van der Waals surface area contributed by atoms with Crippen molar-refractivity contribution in [3.63, 3.8) is 0 Å². The van der Waals surface area contributed by atoms with Crippen molar-refractivity contribution in [3.05, 3.63) is 41.7 Å². The predicted octanol–water partition coefficient (Wildman–Crippen LogP) is 1.38. The Morgan fingerprint density at radius 3 is 2.86 bits per heavy atom. The molecule has 22 heavy (non-hydrogen) atoms. The highest BCUT2D eigenvalue weighted by molar-refractivity contribution is 5.92. The molecule has 116 valence electrons. The van der Waals surface area contributed by atoms with Gasteiger partial charge in [-0.3, -0.25) is 9.48 Å². The van der Waals surface area contributed by atoms with Crippen LogP contribution in [0.3, 0.4) is 0 Å². The molecule has 0 radical (unpaired) electrons. The lowest BCUT2D eigenvalue weighted by Gasteiger charge is -2.21. The molecule has 0 spiro atoms. The predicted molar refractivity (Wildman–Crippen MR) is 79.0 cm³/mol. The second-order valence-electron chi connectivity index (χ2n) is 5.33. The van der Waals surface area contributed by atoms with E-state index in [1.54, 1.807) is 31.7 Å². The minimum Gasteiger partial charge on any atom is -0.370 e. The zero-order chi connectivity index (χ0) is 15.4. The number of hydrogen-bond acceptors (Lipinski definition) is 5. The molecule has 3 heterocycles. The van der Waals surface area contributed by atoms with Crippen LogP contribution in [0.2, 0.25) is 0 Å². The largest absolute Gasteiger partial charge is 0.370 e. The van der Waals surface area contributed by atoms with Crippen LogP contribution in [-0.2, 0) is 18.3 Å². The number of ether oxygens (including phenoxy) is 1. The molecule has 0 unspecified atom stereocenters. The number of aryl methyl sites for hydroxylation is 1. The Morgan fingerprint density at radius 2 is 2.23 bits per heavy atom. The quantitative estimate of drug-likeness (QED) is 0.922. The summed E-state index contributed by atoms with van der Waals surface area (Å²) in [7, 11) is 1.73. The van der Waals surface area contributed by atoms with E-state index in [9.17, 15) is 4.79 Å². The summed E-state index contributed by atoms with van der Waals surface area (Å²) in [5.41, 5.74) is 1.38. The zero-order valence-corrected chi connectivity index (χ0v) is 12.5. The molecule has 0 bridgehead atoms. The van der Waals surface area contributed by atoms with Gasteiger partial charge in [0.05, 0.1) is 0 Å². The molecule has 1 saturated heterocycles. The summed E-state index contributed by atoms with van der Waals surface area (Å²) >= 11 is 0. The normalized spacial score (nSPS) is 18.1. The molecule has 1 atom stereocenters. The van der Waals surface area contributed by atoms with E-state index in [0.29, 0.717) is 12.2 Å². The molecule has 2 aromatic rings. The molecular formula is C15H19N5O2. The van der Waals surface area contributed by atoms with E-state index >= 15 is 0 Å². The molecule has 7 nitrogen and oxygen atoms in total. The summed E-state index contributed by atoms with van der Waals surface area (Å²) in [5.74, 6) is 0.557. The van der Waals surface area contributed by atoms with E-state index in [4.69, 9.17) is 4.74 Å². The van der Waals surface area contributed by atoms with E-state index in [1.807, 2.05) is 0 Å². The standard InChI is InChI=1S/C15H19N5O2/c1-20-12(5-6-19-20)15(21)18-10-11-8-16-14(17-9-11)13-4-2-3-7-22-13/h5-6,8-9,13H,2-4,7,10H2,1H3,(H,18,21)/t13-/m0/s1. The molecule has 0 aliphatic carbocycles. The van der Waals surface area contributed by atoms with Gasteiger partial charge < -0.3 is 10.1 Å². The van der Waals surface area contributed by atoms with Crippen LogP contribution in [0.25, 0.3) is 0 Å². The molecule has 1 fully saturated rings. The number of aromatic nitrogens is 4. The van der Waals surface area contributed by atoms with Crippen molar-refractivity contribution in [3.8, 4) is 0 Å². The first-order chi connectivity index (χ1) is 10.7. The average Bonchev–Trinajstić information content (AvgIpc) is 3.00. The second-order valence-corrected chi connectivity index (χ2v) is 5.33. The van der Waals surface area contributed by atoms with Crippen LogP contribution < -0.4 is 5.32 Å². The Morgan fingerprint density at radius 1 is 1.41 bits per heavy atom. The molecule has 2 aromatic heterocycles. The van der Waals surface area contributed by atoms with Crippen molar-refractivity contribution >= 4 is 5.91 Å². The lowest BCUT2D eigenvalue weighted by atomic mass is 10.1. The third-order valence-electron chi connectivity index (χ3n) is 3.70. The fraction of sp³-hybridized carbons (Fsp3) is 0.467. The SMILES string of the molecule is Cn1nccc1C(=O)NCc1cnc([C@@H]2CCCCO2)nc1. The summed E-state index contributed by atoms with van der Waals surface area (Å²) in [5, 5.41) is 6.80. The monoisotopic (exact) mass is 301 g/mol. The van der Waals surface area contributed by atoms with Crippen molar-refractivity contribution in [2.75, 3.05) is 6.61 Å². The van der Waals surface area contributed by atoms with Crippen molar-refractivity contribution in [2.24, 2.45) is 7.05 Å². The minimum atomic E-state index is -0.167. The van der Waals surface area contributed by atoms with E-state index < -0.39 is 0 Å². The maximum Gasteiger partial charge on any atom is 0.269 e. The summed E-state index contributed by atoms with van der Waals surface area (Å²) in [6, 6.07) is 1.68. The first-order valence-electron chi connectivity index (χ1n) is 7.42. The second kappa shape index (κ2) is 6.65. The molecule has 3 rings (SSSR count). The van der Waals surface area contributed by atoms with Crippen molar-refractivity contribution in [2.45, 2.75) is 31.9 Å². The summed E-state index contributed by atoms with van der Waals surface area (Å²) < 4.78 is 7.20. The van der Waals surface area contributed by atoms with E-state index in [0.717, 1.165) is 37.3 Å². The van der Waals surface area contributed by atoms with Gasteiger partial charge in [-0.25, -0.2) is 9.97 Å². The Balaban J connectivity index is 1.57. The molecule has 1 aliphatic rings. The van der Waals surface area contributed by atoms with Crippen LogP contribution in [0.5, 0.6) is 0 Å². The summed E-state index contributed by atoms with van der Waals surface area (Å²) in [4.78, 5) is 20.7. The minimum absolute atomic E-state index is 0.00633. The number of carbonyl (C=O) groups is 1. The fourth-order valence-corrected chi connectivity index (χ4v) is 2.44. The maximum atomic E-state index is 12.0. The molecule has 7 heteroatoms. The molecule has 1 N–H and O–H groups in total. The van der Waals surface area contributed by atoms with Crippen molar-refractivity contribution in [1.82, 2.24) is 25.1 Å². The highest BCUT2D eigenvalue weighted by Crippen LogP contribution is 2.24. The fourth-order valence-electron chi connectivity index (χ4n) is 2.44. The van der Waals surface area contributed by atoms with E-state index in [1.165, 1.54) is 4.68 Å². The number of hydrogen-bond donors (Lipinski definition) is 1. The van der Waals surface area contributed by atoms with Crippen LogP contribution in [-0.4, -0.2) is 32.3 Å². The molecule has 1 amide bonds. The van der Waals surface area contributed by atoms with Crippen LogP contribution in [0.1, 0.15) is 47.2 Å². The van der Waals surface area contributed by atoms with Gasteiger partial charge in [0.1, 0.15) is 11.8 Å². The van der Waals surface area contributed by atoms with Crippen LogP contribution in [0.15, 0.2) is 24.7 Å². The molecule has 0 aromatic carbocycles. The van der Waals surface area contributed by atoms with E-state index in [2.05, 4.69) is 20.4 Å². The number of nitrogens with zero attached hydrogens (tertiary/aromatic N) is 4. The number of carbonyl (C=O) groups excluding carboxylic acids is 1. The Kier molecular flexibility index (Phi) is 4.43. The van der Waals surface area contributed by atoms with Gasteiger partial charge in [-0.2, -0.15) is 5.10 Å². The van der Waals surface area contributed by atoms with E-state index in [-0.39, 0.29) is 12.0 Å². The number of rotatable bonds is 4. The van der Waals surface area contributed by atoms with Gasteiger partial charge >= 0.3 is 0 Å². The Labute approximate surface area is 128 Å². The Hall–Kier alpha value is -2.28. The van der Waals surface area contributed by atoms with Crippen LogP contribution >= 0.6 is 0 Å². The third-order valence-corrected chi connectivity index (χ3v) is 3.70. The van der Waals surface area contributed by atoms with Gasteiger partial charge in [0.15, 0.2) is 5.82 Å². The highest BCUT2D eigenvalue weighted by atomic mass is 16.5. The summed E-state index contributed by atoms with van der Waals surface area (Å²) in [6.45, 7) is 1.16. The van der Waals surface area contributed by atoms with Gasteiger partial charge in [0.2, 0.25) is 0 Å². The van der Waals surface area contributed by atoms with Gasteiger partial charge in [0.25, 0.3) is 5.91 Å². The summed E-state index contributed by atoms with van der Waals surface area (Å²) in [6.07, 6.45) is 8.30. The Bertz CT molecular complexity index is 632. The van der Waals surface area contributed by atoms with Crippen molar-refractivity contribution in [1.29, 1.82) is 0 Å². The lowest BCUT2D eigenvalue weighted by molar-refractivity contribution is 0.00940. The molecular weight excluding hydrogens is 282 g/mol. The highest BCUT2D eigenvalue weighted by Gasteiger charge is 2.18. The van der Waals surface area contributed by atoms with Crippen LogP contribution in [0, 0.1) is 0 Å². The van der Waals surface area contributed by atoms with Gasteiger partial charge in [0, 0.05) is 44.4 Å². The van der Waals surface area contributed by atoms with Gasteiger partial charge in [-0.15, -0.1) is 0 Å². The number of nitrogens with one attached hydrogen (secondary N) is 1. The number of amides is 1. The third kappa shape index (κ3) is 3.30. The molecule has 0 saturated carbocycles.